The molecule has 1 unspecified atom stereocenters. The van der Waals surface area contributed by atoms with Crippen LogP contribution in [0.15, 0.2) is 27.8 Å². The number of hydrogen-bond acceptors (Lipinski definition) is 7. The molecule has 0 radical (unpaired) electrons. The maximum absolute atomic E-state index is 12.8. The van der Waals surface area contributed by atoms with Crippen molar-refractivity contribution in [3.8, 4) is 0 Å². The number of carbonyl (C=O) groups excluding carboxylic acids is 1. The van der Waals surface area contributed by atoms with Gasteiger partial charge in [-0.05, 0) is 12.5 Å². The highest BCUT2D eigenvalue weighted by atomic mass is 16.5. The topological polar surface area (TPSA) is 124 Å². The SMILES string of the molecule is Cc1nc(Cn2nc3n(c2=O)CC2(CCN(C(=O)c4cc[nH]c4)C2)OC3)no1. The minimum atomic E-state index is -0.570. The van der Waals surface area contributed by atoms with Crippen molar-refractivity contribution < 1.29 is 14.1 Å². The van der Waals surface area contributed by atoms with Gasteiger partial charge in [-0.25, -0.2) is 9.48 Å². The third-order valence-electron chi connectivity index (χ3n) is 5.26. The van der Waals surface area contributed by atoms with E-state index in [0.717, 1.165) is 0 Å². The molecule has 1 fully saturated rings. The van der Waals surface area contributed by atoms with Crippen LogP contribution in [-0.4, -0.2) is 59.0 Å². The molecule has 0 saturated carbocycles. The summed E-state index contributed by atoms with van der Waals surface area (Å²) in [6, 6.07) is 1.75. The first-order chi connectivity index (χ1) is 13.5. The molecule has 3 aromatic heterocycles. The molecule has 0 bridgehead atoms. The van der Waals surface area contributed by atoms with Crippen LogP contribution in [0.2, 0.25) is 0 Å². The zero-order valence-corrected chi connectivity index (χ0v) is 15.3. The Bertz CT molecular complexity index is 1080. The molecule has 28 heavy (non-hydrogen) atoms. The van der Waals surface area contributed by atoms with Gasteiger partial charge in [-0.3, -0.25) is 9.36 Å². The summed E-state index contributed by atoms with van der Waals surface area (Å²) in [5.74, 6) is 1.36. The van der Waals surface area contributed by atoms with Gasteiger partial charge in [0, 0.05) is 25.9 Å². The molecule has 5 heterocycles. The average molecular weight is 385 g/mol. The predicted molar refractivity (Wildman–Crippen MR) is 93.5 cm³/mol. The highest BCUT2D eigenvalue weighted by Crippen LogP contribution is 2.32. The molecule has 1 atom stereocenters. The van der Waals surface area contributed by atoms with Crippen LogP contribution >= 0.6 is 0 Å². The number of H-pyrrole nitrogens is 1. The number of fused-ring (bicyclic) bond motifs is 1. The molecule has 5 rings (SSSR count). The molecular formula is C17H19N7O4. The van der Waals surface area contributed by atoms with E-state index in [1.54, 1.807) is 34.9 Å². The zero-order chi connectivity index (χ0) is 19.3. The molecule has 0 aliphatic carbocycles. The summed E-state index contributed by atoms with van der Waals surface area (Å²) in [5, 5.41) is 8.15. The van der Waals surface area contributed by atoms with Crippen LogP contribution in [0.4, 0.5) is 0 Å². The van der Waals surface area contributed by atoms with Crippen LogP contribution in [0.1, 0.15) is 34.3 Å². The molecule has 3 aromatic rings. The third-order valence-corrected chi connectivity index (χ3v) is 5.26. The van der Waals surface area contributed by atoms with E-state index >= 15 is 0 Å². The highest BCUT2D eigenvalue weighted by Gasteiger charge is 2.45. The Labute approximate surface area is 158 Å². The number of aromatic nitrogens is 6. The van der Waals surface area contributed by atoms with Crippen LogP contribution in [0.3, 0.4) is 0 Å². The fourth-order valence-corrected chi connectivity index (χ4v) is 3.85. The first kappa shape index (κ1) is 16.9. The number of aryl methyl sites for hydroxylation is 1. The van der Waals surface area contributed by atoms with Gasteiger partial charge in [0.1, 0.15) is 18.8 Å². The average Bonchev–Trinajstić information content (AvgIpc) is 3.46. The van der Waals surface area contributed by atoms with E-state index in [4.69, 9.17) is 9.26 Å². The third kappa shape index (κ3) is 2.74. The second kappa shape index (κ2) is 6.16. The van der Waals surface area contributed by atoms with E-state index in [-0.39, 0.29) is 24.7 Å². The van der Waals surface area contributed by atoms with E-state index in [9.17, 15) is 9.59 Å². The largest absolute Gasteiger partial charge is 0.367 e. The summed E-state index contributed by atoms with van der Waals surface area (Å²) in [4.78, 5) is 34.2. The fourth-order valence-electron chi connectivity index (χ4n) is 3.85. The smallest absolute Gasteiger partial charge is 0.346 e. The quantitative estimate of drug-likeness (QED) is 0.669. The van der Waals surface area contributed by atoms with Crippen molar-refractivity contribution in [1.29, 1.82) is 0 Å². The number of aromatic amines is 1. The molecule has 2 aliphatic heterocycles. The monoisotopic (exact) mass is 385 g/mol. The normalized spacial score (nSPS) is 21.4. The van der Waals surface area contributed by atoms with Gasteiger partial charge in [-0.15, -0.1) is 0 Å². The Morgan fingerprint density at radius 3 is 3.04 bits per heavy atom. The maximum Gasteiger partial charge on any atom is 0.346 e. The van der Waals surface area contributed by atoms with Gasteiger partial charge in [-0.2, -0.15) is 10.1 Å². The van der Waals surface area contributed by atoms with Crippen LogP contribution in [-0.2, 0) is 24.4 Å². The summed E-state index contributed by atoms with van der Waals surface area (Å²) in [5.41, 5.74) is -0.191. The van der Waals surface area contributed by atoms with Crippen molar-refractivity contribution in [2.45, 2.75) is 38.6 Å². The molecule has 1 N–H and O–H groups in total. The summed E-state index contributed by atoms with van der Waals surface area (Å²) in [7, 11) is 0. The van der Waals surface area contributed by atoms with Gasteiger partial charge >= 0.3 is 5.69 Å². The number of ether oxygens (including phenoxy) is 1. The Morgan fingerprint density at radius 1 is 1.39 bits per heavy atom. The highest BCUT2D eigenvalue weighted by molar-refractivity contribution is 5.94. The van der Waals surface area contributed by atoms with E-state index in [2.05, 4.69) is 20.2 Å². The molecule has 11 nitrogen and oxygen atoms in total. The van der Waals surface area contributed by atoms with E-state index in [1.807, 2.05) is 0 Å². The molecule has 1 saturated heterocycles. The Balaban J connectivity index is 1.35. The van der Waals surface area contributed by atoms with E-state index in [1.165, 1.54) is 4.68 Å². The van der Waals surface area contributed by atoms with E-state index in [0.29, 0.717) is 49.2 Å². The lowest BCUT2D eigenvalue weighted by Gasteiger charge is -2.33. The van der Waals surface area contributed by atoms with Crippen molar-refractivity contribution in [2.75, 3.05) is 13.1 Å². The standard InChI is InChI=1S/C17H19N7O4/c1-11-19-13(21-28-11)7-24-16(26)23-10-17(27-8-14(23)20-24)3-5-22(9-17)15(25)12-2-4-18-6-12/h2,4,6,18H,3,5,7-10H2,1H3. The molecule has 1 amide bonds. The van der Waals surface area contributed by atoms with Crippen molar-refractivity contribution in [3.05, 3.63) is 52.0 Å². The number of carbonyl (C=O) groups is 1. The number of nitrogens with zero attached hydrogens (tertiary/aromatic N) is 6. The summed E-state index contributed by atoms with van der Waals surface area (Å²) in [6.45, 7) is 3.45. The molecule has 11 heteroatoms. The summed E-state index contributed by atoms with van der Waals surface area (Å²) in [6.07, 6.45) is 4.08. The maximum atomic E-state index is 12.8. The Morgan fingerprint density at radius 2 is 2.29 bits per heavy atom. The summed E-state index contributed by atoms with van der Waals surface area (Å²) < 4.78 is 14.0. The summed E-state index contributed by atoms with van der Waals surface area (Å²) >= 11 is 0. The van der Waals surface area contributed by atoms with Crippen LogP contribution in [0.25, 0.3) is 0 Å². The number of nitrogens with one attached hydrogen (secondary N) is 1. The number of likely N-dealkylation sites (tertiary alicyclic amines) is 1. The number of rotatable bonds is 3. The second-order valence-corrected chi connectivity index (χ2v) is 7.22. The second-order valence-electron chi connectivity index (χ2n) is 7.22. The minimum absolute atomic E-state index is 0.0389. The molecule has 0 aromatic carbocycles. The van der Waals surface area contributed by atoms with Crippen LogP contribution in [0, 0.1) is 6.92 Å². The lowest BCUT2D eigenvalue weighted by molar-refractivity contribution is -0.0816. The van der Waals surface area contributed by atoms with Gasteiger partial charge in [-0.1, -0.05) is 5.16 Å². The molecule has 146 valence electrons. The molecule has 2 aliphatic rings. The fraction of sp³-hybridized carbons (Fsp3) is 0.471. The van der Waals surface area contributed by atoms with Crippen LogP contribution in [0.5, 0.6) is 0 Å². The van der Waals surface area contributed by atoms with Gasteiger partial charge < -0.3 is 19.1 Å². The molecular weight excluding hydrogens is 366 g/mol. The Kier molecular flexibility index (Phi) is 3.72. The van der Waals surface area contributed by atoms with Crippen LogP contribution < -0.4 is 5.69 Å². The van der Waals surface area contributed by atoms with Crippen molar-refractivity contribution in [2.24, 2.45) is 0 Å². The predicted octanol–water partition coefficient (Wildman–Crippen LogP) is -0.0723. The minimum Gasteiger partial charge on any atom is -0.367 e. The van der Waals surface area contributed by atoms with Gasteiger partial charge in [0.25, 0.3) is 5.91 Å². The first-order valence-electron chi connectivity index (χ1n) is 9.05. The number of hydrogen-bond donors (Lipinski definition) is 1. The lowest BCUT2D eigenvalue weighted by Crippen LogP contribution is -2.47. The van der Waals surface area contributed by atoms with Crippen molar-refractivity contribution >= 4 is 5.91 Å². The Hall–Kier alpha value is -3.21. The zero-order valence-electron chi connectivity index (χ0n) is 15.3. The number of amides is 1. The van der Waals surface area contributed by atoms with Gasteiger partial charge in [0.05, 0.1) is 18.7 Å². The van der Waals surface area contributed by atoms with Crippen molar-refractivity contribution in [1.82, 2.24) is 34.4 Å². The first-order valence-corrected chi connectivity index (χ1v) is 9.05. The lowest BCUT2D eigenvalue weighted by atomic mass is 10.0. The van der Waals surface area contributed by atoms with E-state index < -0.39 is 5.60 Å². The van der Waals surface area contributed by atoms with Crippen molar-refractivity contribution in [3.63, 3.8) is 0 Å². The van der Waals surface area contributed by atoms with Gasteiger partial charge in [0.15, 0.2) is 11.6 Å². The molecule has 1 spiro atoms. The van der Waals surface area contributed by atoms with Gasteiger partial charge in [0.2, 0.25) is 5.89 Å².